The second kappa shape index (κ2) is 5.91. The number of hydrogen-bond acceptors (Lipinski definition) is 5. The van der Waals surface area contributed by atoms with Crippen molar-refractivity contribution in [1.82, 2.24) is 10.2 Å². The quantitative estimate of drug-likeness (QED) is 0.631. The number of nitrogens with zero attached hydrogens (tertiary/aromatic N) is 1. The number of amides is 1. The number of carbonyl (C=O) groups is 2. The van der Waals surface area contributed by atoms with Crippen molar-refractivity contribution in [2.45, 2.75) is 26.8 Å². The third-order valence-corrected chi connectivity index (χ3v) is 4.87. The van der Waals surface area contributed by atoms with Gasteiger partial charge in [0.2, 0.25) is 5.91 Å². The first kappa shape index (κ1) is 15.0. The molecule has 2 heterocycles. The Morgan fingerprint density at radius 3 is 2.80 bits per heavy atom. The van der Waals surface area contributed by atoms with Crippen molar-refractivity contribution in [3.05, 3.63) is 22.4 Å². The van der Waals surface area contributed by atoms with Crippen LogP contribution in [0.15, 0.2) is 22.4 Å². The first-order chi connectivity index (χ1) is 9.51. The zero-order valence-corrected chi connectivity index (χ0v) is 13.0. The molecular weight excluding hydrogens is 276 g/mol. The molecule has 0 aromatic heterocycles. The van der Waals surface area contributed by atoms with E-state index >= 15 is 0 Å². The Kier molecular flexibility index (Phi) is 4.42. The summed E-state index contributed by atoms with van der Waals surface area (Å²) in [6.07, 6.45) is 1.61. The summed E-state index contributed by atoms with van der Waals surface area (Å²) in [4.78, 5) is 25.7. The molecule has 20 heavy (non-hydrogen) atoms. The van der Waals surface area contributed by atoms with Gasteiger partial charge in [-0.05, 0) is 13.8 Å². The van der Waals surface area contributed by atoms with Crippen LogP contribution in [0.2, 0.25) is 0 Å². The van der Waals surface area contributed by atoms with Crippen LogP contribution in [0.1, 0.15) is 20.8 Å². The molecule has 110 valence electrons. The van der Waals surface area contributed by atoms with Gasteiger partial charge in [0.15, 0.2) is 0 Å². The monoisotopic (exact) mass is 296 g/mol. The summed E-state index contributed by atoms with van der Waals surface area (Å²) in [6, 6.07) is 0.162. The molecule has 2 aliphatic heterocycles. The van der Waals surface area contributed by atoms with Gasteiger partial charge in [-0.25, -0.2) is 4.79 Å². The Bertz CT molecular complexity index is 499. The minimum atomic E-state index is -0.238. The second-order valence-electron chi connectivity index (χ2n) is 4.88. The molecular formula is C14H20N2O3S. The molecule has 0 bridgehead atoms. The van der Waals surface area contributed by atoms with E-state index in [0.29, 0.717) is 12.4 Å². The van der Waals surface area contributed by atoms with Crippen LogP contribution in [0.25, 0.3) is 0 Å². The molecule has 6 heteroatoms. The summed E-state index contributed by atoms with van der Waals surface area (Å²) < 4.78 is 5.15. The van der Waals surface area contributed by atoms with Gasteiger partial charge in [0.25, 0.3) is 0 Å². The number of nitrogens with one attached hydrogen (secondary N) is 1. The smallest absolute Gasteiger partial charge is 0.337 e. The fourth-order valence-corrected chi connectivity index (χ4v) is 3.90. The third kappa shape index (κ3) is 2.44. The molecule has 2 atom stereocenters. The molecule has 5 nitrogen and oxygen atoms in total. The maximum absolute atomic E-state index is 12.1. The van der Waals surface area contributed by atoms with Gasteiger partial charge >= 0.3 is 5.97 Å². The summed E-state index contributed by atoms with van der Waals surface area (Å²) >= 11 is 1.60. The van der Waals surface area contributed by atoms with Crippen LogP contribution in [0.5, 0.6) is 0 Å². The number of ether oxygens (including phenoxy) is 1. The van der Waals surface area contributed by atoms with Crippen molar-refractivity contribution >= 4 is 23.6 Å². The fourth-order valence-electron chi connectivity index (χ4n) is 2.54. The first-order valence-electron chi connectivity index (χ1n) is 6.76. The molecule has 1 N–H and O–H groups in total. The summed E-state index contributed by atoms with van der Waals surface area (Å²) in [7, 11) is 1.61. The number of hydrogen-bond donors (Lipinski definition) is 1. The Morgan fingerprint density at radius 1 is 1.50 bits per heavy atom. The highest BCUT2D eigenvalue weighted by molar-refractivity contribution is 8.03. The lowest BCUT2D eigenvalue weighted by atomic mass is 9.98. The first-order valence-corrected chi connectivity index (χ1v) is 7.75. The van der Waals surface area contributed by atoms with Gasteiger partial charge in [0, 0.05) is 36.5 Å². The Morgan fingerprint density at radius 2 is 2.20 bits per heavy atom. The van der Waals surface area contributed by atoms with Crippen molar-refractivity contribution in [1.29, 1.82) is 0 Å². The lowest BCUT2D eigenvalue weighted by Gasteiger charge is -2.24. The summed E-state index contributed by atoms with van der Waals surface area (Å²) in [5, 5.41) is 3.54. The Labute approximate surface area is 123 Å². The minimum Gasteiger partial charge on any atom is -0.463 e. The molecule has 2 rings (SSSR count). The third-order valence-electron chi connectivity index (χ3n) is 3.74. The van der Waals surface area contributed by atoms with Crippen LogP contribution in [-0.4, -0.2) is 42.2 Å². The summed E-state index contributed by atoms with van der Waals surface area (Å²) in [5.41, 5.74) is 1.69. The molecule has 2 unspecified atom stereocenters. The van der Waals surface area contributed by atoms with E-state index in [2.05, 4.69) is 17.1 Å². The minimum absolute atomic E-state index is 0.102. The number of esters is 1. The molecule has 0 radical (unpaired) electrons. The average molecular weight is 296 g/mol. The highest BCUT2D eigenvalue weighted by atomic mass is 32.2. The molecule has 1 amide bonds. The molecule has 1 fully saturated rings. The van der Waals surface area contributed by atoms with E-state index in [1.54, 1.807) is 24.9 Å². The average Bonchev–Trinajstić information content (AvgIpc) is 2.91. The van der Waals surface area contributed by atoms with E-state index in [4.69, 9.17) is 4.74 Å². The van der Waals surface area contributed by atoms with Crippen LogP contribution in [0.4, 0.5) is 0 Å². The van der Waals surface area contributed by atoms with Crippen molar-refractivity contribution in [3.8, 4) is 0 Å². The Hall–Kier alpha value is -1.43. The lowest BCUT2D eigenvalue weighted by molar-refractivity contribution is -0.139. The van der Waals surface area contributed by atoms with Crippen LogP contribution < -0.4 is 5.32 Å². The standard InChI is InChI=1S/C14H20N2O3S/c1-5-19-14(18)12-8(2)9(3)16-10(6-11(17)15-4)7-20-13(12)16/h6,8-9H,5,7H2,1-4H3,(H,15,17). The molecule has 0 aromatic rings. The largest absolute Gasteiger partial charge is 0.463 e. The van der Waals surface area contributed by atoms with E-state index in [-0.39, 0.29) is 23.8 Å². The van der Waals surface area contributed by atoms with Gasteiger partial charge in [-0.1, -0.05) is 6.92 Å². The zero-order chi connectivity index (χ0) is 14.9. The molecule has 0 spiro atoms. The fraction of sp³-hybridized carbons (Fsp3) is 0.571. The SMILES string of the molecule is CCOC(=O)C1=C2SCC(=CC(=O)NC)N2C(C)C1C. The number of thioether (sulfide) groups is 1. The van der Waals surface area contributed by atoms with Gasteiger partial charge in [0.1, 0.15) is 0 Å². The topological polar surface area (TPSA) is 58.6 Å². The van der Waals surface area contributed by atoms with E-state index in [1.165, 1.54) is 0 Å². The van der Waals surface area contributed by atoms with E-state index in [0.717, 1.165) is 16.3 Å². The van der Waals surface area contributed by atoms with Crippen molar-refractivity contribution < 1.29 is 14.3 Å². The van der Waals surface area contributed by atoms with Gasteiger partial charge in [-0.3, -0.25) is 4.79 Å². The van der Waals surface area contributed by atoms with Crippen molar-refractivity contribution in [3.63, 3.8) is 0 Å². The van der Waals surface area contributed by atoms with E-state index in [9.17, 15) is 9.59 Å². The summed E-state index contributed by atoms with van der Waals surface area (Å²) in [6.45, 7) is 6.28. The number of rotatable bonds is 3. The molecule has 2 aliphatic rings. The van der Waals surface area contributed by atoms with Crippen LogP contribution in [0.3, 0.4) is 0 Å². The van der Waals surface area contributed by atoms with Gasteiger partial charge in [-0.15, -0.1) is 11.8 Å². The second-order valence-corrected chi connectivity index (χ2v) is 5.84. The Balaban J connectivity index is 2.34. The lowest BCUT2D eigenvalue weighted by Crippen LogP contribution is -2.29. The van der Waals surface area contributed by atoms with Crippen LogP contribution in [-0.2, 0) is 14.3 Å². The number of carbonyl (C=O) groups excluding carboxylic acids is 2. The van der Waals surface area contributed by atoms with Gasteiger partial charge in [-0.2, -0.15) is 0 Å². The van der Waals surface area contributed by atoms with Crippen LogP contribution >= 0.6 is 11.8 Å². The number of likely N-dealkylation sites (N-methyl/N-ethyl adjacent to an activating group) is 1. The maximum atomic E-state index is 12.1. The molecule has 1 saturated heterocycles. The van der Waals surface area contributed by atoms with Gasteiger partial charge < -0.3 is 15.0 Å². The predicted octanol–water partition coefficient (Wildman–Crippen LogP) is 1.48. The molecule has 0 saturated carbocycles. The normalized spacial score (nSPS) is 27.0. The molecule has 0 aliphatic carbocycles. The van der Waals surface area contributed by atoms with Crippen molar-refractivity contribution in [2.24, 2.45) is 5.92 Å². The zero-order valence-electron chi connectivity index (χ0n) is 12.2. The highest BCUT2D eigenvalue weighted by Gasteiger charge is 2.44. The van der Waals surface area contributed by atoms with E-state index in [1.807, 2.05) is 13.8 Å². The van der Waals surface area contributed by atoms with Gasteiger partial charge in [0.05, 0.1) is 17.2 Å². The predicted molar refractivity (Wildman–Crippen MR) is 78.7 cm³/mol. The maximum Gasteiger partial charge on any atom is 0.337 e. The van der Waals surface area contributed by atoms with E-state index < -0.39 is 0 Å². The van der Waals surface area contributed by atoms with Crippen molar-refractivity contribution in [2.75, 3.05) is 19.4 Å². The van der Waals surface area contributed by atoms with Crippen LogP contribution in [0, 0.1) is 5.92 Å². The highest BCUT2D eigenvalue weighted by Crippen LogP contribution is 2.48. The summed E-state index contributed by atoms with van der Waals surface area (Å²) in [5.74, 6) is 0.456. The molecule has 0 aromatic carbocycles. The number of fused-ring (bicyclic) bond motifs is 1.